The van der Waals surface area contributed by atoms with Crippen LogP contribution in [0.15, 0.2) is 24.5 Å². The third kappa shape index (κ3) is 3.09. The van der Waals surface area contributed by atoms with Gasteiger partial charge in [0.25, 0.3) is 0 Å². The standard InChI is InChI=1S/C15H25N3/c1-3-13-6-9-18(10-7-13)15(12(2)16)14-5-4-8-17-11-14/h4-5,8,11-13,15H,3,6-7,9-10,16H2,1-2H3. The van der Waals surface area contributed by atoms with E-state index in [1.165, 1.54) is 37.9 Å². The maximum Gasteiger partial charge on any atom is 0.0511 e. The minimum Gasteiger partial charge on any atom is -0.326 e. The number of rotatable bonds is 4. The molecule has 0 saturated carbocycles. The van der Waals surface area contributed by atoms with Crippen molar-refractivity contribution in [3.63, 3.8) is 0 Å². The van der Waals surface area contributed by atoms with Crippen LogP contribution >= 0.6 is 0 Å². The molecular formula is C15H25N3. The van der Waals surface area contributed by atoms with Crippen LogP contribution in [0.2, 0.25) is 0 Å². The van der Waals surface area contributed by atoms with Crippen LogP contribution in [0.4, 0.5) is 0 Å². The summed E-state index contributed by atoms with van der Waals surface area (Å²) in [7, 11) is 0. The summed E-state index contributed by atoms with van der Waals surface area (Å²) < 4.78 is 0. The van der Waals surface area contributed by atoms with E-state index in [2.05, 4.69) is 29.8 Å². The van der Waals surface area contributed by atoms with Gasteiger partial charge >= 0.3 is 0 Å². The molecule has 2 heterocycles. The average Bonchev–Trinajstić information content (AvgIpc) is 2.40. The van der Waals surface area contributed by atoms with E-state index >= 15 is 0 Å². The van der Waals surface area contributed by atoms with Gasteiger partial charge in [0, 0.05) is 18.4 Å². The van der Waals surface area contributed by atoms with Crippen molar-refractivity contribution in [1.82, 2.24) is 9.88 Å². The Morgan fingerprint density at radius 1 is 1.44 bits per heavy atom. The summed E-state index contributed by atoms with van der Waals surface area (Å²) in [6.45, 7) is 6.73. The van der Waals surface area contributed by atoms with Gasteiger partial charge < -0.3 is 5.73 Å². The first-order valence-corrected chi connectivity index (χ1v) is 7.12. The van der Waals surface area contributed by atoms with Crippen LogP contribution < -0.4 is 5.73 Å². The van der Waals surface area contributed by atoms with Crippen LogP contribution in [0, 0.1) is 5.92 Å². The van der Waals surface area contributed by atoms with E-state index in [-0.39, 0.29) is 6.04 Å². The van der Waals surface area contributed by atoms with Crippen molar-refractivity contribution in [2.75, 3.05) is 13.1 Å². The molecule has 3 heteroatoms. The molecular weight excluding hydrogens is 222 g/mol. The summed E-state index contributed by atoms with van der Waals surface area (Å²) in [4.78, 5) is 6.77. The van der Waals surface area contributed by atoms with Crippen molar-refractivity contribution < 1.29 is 0 Å². The fourth-order valence-electron chi connectivity index (χ4n) is 3.04. The van der Waals surface area contributed by atoms with Crippen LogP contribution in [0.25, 0.3) is 0 Å². The Morgan fingerprint density at radius 2 is 2.17 bits per heavy atom. The highest BCUT2D eigenvalue weighted by atomic mass is 15.2. The van der Waals surface area contributed by atoms with Crippen molar-refractivity contribution in [2.24, 2.45) is 11.7 Å². The fourth-order valence-corrected chi connectivity index (χ4v) is 3.04. The molecule has 2 N–H and O–H groups in total. The Morgan fingerprint density at radius 3 is 2.67 bits per heavy atom. The van der Waals surface area contributed by atoms with E-state index in [1.54, 1.807) is 0 Å². The summed E-state index contributed by atoms with van der Waals surface area (Å²) in [5.41, 5.74) is 7.45. The summed E-state index contributed by atoms with van der Waals surface area (Å²) in [5.74, 6) is 0.906. The van der Waals surface area contributed by atoms with Gasteiger partial charge in [-0.2, -0.15) is 0 Å². The lowest BCUT2D eigenvalue weighted by Gasteiger charge is -2.39. The second-order valence-electron chi connectivity index (χ2n) is 5.48. The molecule has 1 saturated heterocycles. The summed E-state index contributed by atoms with van der Waals surface area (Å²) in [6, 6.07) is 4.61. The second-order valence-corrected chi connectivity index (χ2v) is 5.48. The number of hydrogen-bond donors (Lipinski definition) is 1. The zero-order chi connectivity index (χ0) is 13.0. The van der Waals surface area contributed by atoms with E-state index in [0.29, 0.717) is 6.04 Å². The summed E-state index contributed by atoms with van der Waals surface area (Å²) in [5, 5.41) is 0. The highest BCUT2D eigenvalue weighted by molar-refractivity contribution is 5.16. The lowest BCUT2D eigenvalue weighted by atomic mass is 9.91. The molecule has 1 aliphatic heterocycles. The highest BCUT2D eigenvalue weighted by Crippen LogP contribution is 2.29. The summed E-state index contributed by atoms with van der Waals surface area (Å²) >= 11 is 0. The maximum atomic E-state index is 6.20. The van der Waals surface area contributed by atoms with Crippen LogP contribution in [-0.2, 0) is 0 Å². The molecule has 0 aromatic carbocycles. The third-order valence-electron chi connectivity index (χ3n) is 4.14. The Hall–Kier alpha value is -0.930. The van der Waals surface area contributed by atoms with Crippen LogP contribution in [0.5, 0.6) is 0 Å². The van der Waals surface area contributed by atoms with Gasteiger partial charge in [0.2, 0.25) is 0 Å². The third-order valence-corrected chi connectivity index (χ3v) is 4.14. The topological polar surface area (TPSA) is 42.2 Å². The number of hydrogen-bond acceptors (Lipinski definition) is 3. The molecule has 2 atom stereocenters. The van der Waals surface area contributed by atoms with Crippen LogP contribution in [0.3, 0.4) is 0 Å². The summed E-state index contributed by atoms with van der Waals surface area (Å²) in [6.07, 6.45) is 7.70. The number of nitrogens with two attached hydrogens (primary N) is 1. The highest BCUT2D eigenvalue weighted by Gasteiger charge is 2.27. The predicted molar refractivity (Wildman–Crippen MR) is 75.2 cm³/mol. The Labute approximate surface area is 110 Å². The number of pyridine rings is 1. The molecule has 0 spiro atoms. The molecule has 0 radical (unpaired) electrons. The molecule has 0 amide bonds. The van der Waals surface area contributed by atoms with Gasteiger partial charge in [0.15, 0.2) is 0 Å². The van der Waals surface area contributed by atoms with Gasteiger partial charge in [-0.25, -0.2) is 0 Å². The van der Waals surface area contributed by atoms with Crippen molar-refractivity contribution in [2.45, 2.75) is 45.2 Å². The Kier molecular flexibility index (Phi) is 4.72. The van der Waals surface area contributed by atoms with Gasteiger partial charge in [-0.1, -0.05) is 19.4 Å². The van der Waals surface area contributed by atoms with E-state index in [9.17, 15) is 0 Å². The zero-order valence-electron chi connectivity index (χ0n) is 11.5. The molecule has 0 bridgehead atoms. The average molecular weight is 247 g/mol. The van der Waals surface area contributed by atoms with Gasteiger partial charge in [0.05, 0.1) is 6.04 Å². The fraction of sp³-hybridized carbons (Fsp3) is 0.667. The largest absolute Gasteiger partial charge is 0.326 e. The first-order valence-electron chi connectivity index (χ1n) is 7.12. The first kappa shape index (κ1) is 13.5. The Balaban J connectivity index is 2.08. The molecule has 1 aliphatic rings. The molecule has 2 rings (SSSR count). The molecule has 0 aliphatic carbocycles. The normalized spacial score (nSPS) is 21.7. The van der Waals surface area contributed by atoms with Gasteiger partial charge in [0.1, 0.15) is 0 Å². The van der Waals surface area contributed by atoms with Crippen molar-refractivity contribution >= 4 is 0 Å². The molecule has 2 unspecified atom stereocenters. The first-order chi connectivity index (χ1) is 8.72. The van der Waals surface area contributed by atoms with E-state index in [1.807, 2.05) is 18.5 Å². The van der Waals surface area contributed by atoms with Crippen molar-refractivity contribution in [3.05, 3.63) is 30.1 Å². The lowest BCUT2D eigenvalue weighted by Crippen LogP contribution is -2.43. The molecule has 1 aromatic rings. The molecule has 100 valence electrons. The van der Waals surface area contributed by atoms with Gasteiger partial charge in [-0.3, -0.25) is 9.88 Å². The quantitative estimate of drug-likeness (QED) is 0.889. The number of piperidine rings is 1. The smallest absolute Gasteiger partial charge is 0.0511 e. The SMILES string of the molecule is CCC1CCN(C(c2cccnc2)C(C)N)CC1. The minimum absolute atomic E-state index is 0.146. The van der Waals surface area contributed by atoms with E-state index in [0.717, 1.165) is 5.92 Å². The van der Waals surface area contributed by atoms with E-state index in [4.69, 9.17) is 5.73 Å². The van der Waals surface area contributed by atoms with Crippen LogP contribution in [-0.4, -0.2) is 29.0 Å². The number of nitrogens with zero attached hydrogens (tertiary/aromatic N) is 2. The number of likely N-dealkylation sites (tertiary alicyclic amines) is 1. The van der Waals surface area contributed by atoms with E-state index < -0.39 is 0 Å². The van der Waals surface area contributed by atoms with Crippen molar-refractivity contribution in [3.8, 4) is 0 Å². The maximum absolute atomic E-state index is 6.20. The van der Waals surface area contributed by atoms with Crippen molar-refractivity contribution in [1.29, 1.82) is 0 Å². The molecule has 3 nitrogen and oxygen atoms in total. The van der Waals surface area contributed by atoms with Gasteiger partial charge in [-0.05, 0) is 50.4 Å². The second kappa shape index (κ2) is 6.30. The Bertz CT molecular complexity index is 342. The van der Waals surface area contributed by atoms with Crippen LogP contribution in [0.1, 0.15) is 44.7 Å². The zero-order valence-corrected chi connectivity index (χ0v) is 11.5. The molecule has 1 fully saturated rings. The lowest BCUT2D eigenvalue weighted by molar-refractivity contribution is 0.117. The predicted octanol–water partition coefficient (Wildman–Crippen LogP) is 2.59. The number of aromatic nitrogens is 1. The minimum atomic E-state index is 0.146. The monoisotopic (exact) mass is 247 g/mol. The van der Waals surface area contributed by atoms with Gasteiger partial charge in [-0.15, -0.1) is 0 Å². The molecule has 1 aromatic heterocycles. The molecule has 18 heavy (non-hydrogen) atoms.